The number of aromatic nitrogens is 2. The van der Waals surface area contributed by atoms with Crippen LogP contribution < -0.4 is 22.1 Å². The number of nitrogens with one attached hydrogen (secondary N) is 2. The third-order valence-corrected chi connectivity index (χ3v) is 9.20. The lowest BCUT2D eigenvalue weighted by atomic mass is 10.0. The number of nitrogens with zero attached hydrogens (tertiary/aromatic N) is 2. The average Bonchev–Trinajstić information content (AvgIpc) is 3.33. The topological polar surface area (TPSA) is 173 Å². The maximum atomic E-state index is 13.1. The van der Waals surface area contributed by atoms with Gasteiger partial charge in [0.1, 0.15) is 11.6 Å². The molecular weight excluding hydrogens is 666 g/mol. The van der Waals surface area contributed by atoms with Gasteiger partial charge in [-0.3, -0.25) is 28.8 Å². The smallest absolute Gasteiger partial charge is 0.407 e. The molecule has 2 aromatic carbocycles. The van der Waals surface area contributed by atoms with Crippen molar-refractivity contribution >= 4 is 34.8 Å². The lowest BCUT2D eigenvalue weighted by Gasteiger charge is -2.27. The number of carbonyl (C=O) groups is 4. The monoisotopic (exact) mass is 723 g/mol. The van der Waals surface area contributed by atoms with Gasteiger partial charge < -0.3 is 25.3 Å². The number of piperidine rings is 1. The van der Waals surface area contributed by atoms with Crippen molar-refractivity contribution in [3.8, 4) is 0 Å². The van der Waals surface area contributed by atoms with Crippen LogP contribution in [0.25, 0.3) is 11.0 Å². The maximum Gasteiger partial charge on any atom is 0.407 e. The number of amides is 4. The van der Waals surface area contributed by atoms with E-state index in [1.54, 1.807) is 32.4 Å². The Bertz CT molecular complexity index is 1750. The van der Waals surface area contributed by atoms with Crippen molar-refractivity contribution in [1.82, 2.24) is 19.8 Å². The number of hydrogen-bond donors (Lipinski definition) is 3. The van der Waals surface area contributed by atoms with Gasteiger partial charge >= 0.3 is 11.8 Å². The summed E-state index contributed by atoms with van der Waals surface area (Å²) in [5.41, 5.74) is 9.28. The van der Waals surface area contributed by atoms with Crippen LogP contribution in [-0.2, 0) is 55.1 Å². The number of alkyl carbamates (subject to hydrolysis) is 1. The third-order valence-electron chi connectivity index (χ3n) is 9.20. The van der Waals surface area contributed by atoms with Gasteiger partial charge in [-0.1, -0.05) is 42.8 Å². The van der Waals surface area contributed by atoms with Gasteiger partial charge in [-0.2, -0.15) is 0 Å². The summed E-state index contributed by atoms with van der Waals surface area (Å²) in [6.45, 7) is 8.94. The summed E-state index contributed by atoms with van der Waals surface area (Å²) < 4.78 is 20.5. The highest BCUT2D eigenvalue weighted by Crippen LogP contribution is 2.26. The van der Waals surface area contributed by atoms with Gasteiger partial charge in [0, 0.05) is 34.5 Å². The van der Waals surface area contributed by atoms with Crippen molar-refractivity contribution < 1.29 is 34.8 Å². The van der Waals surface area contributed by atoms with Gasteiger partial charge in [-0.05, 0) is 95.4 Å². The van der Waals surface area contributed by atoms with Crippen LogP contribution in [0.5, 0.6) is 0 Å². The molecule has 1 aliphatic rings. The zero-order chi connectivity index (χ0) is 37.8. The summed E-state index contributed by atoms with van der Waals surface area (Å²) in [7, 11) is 1.73. The highest BCUT2D eigenvalue weighted by molar-refractivity contribution is 6.00. The molecule has 52 heavy (non-hydrogen) atoms. The van der Waals surface area contributed by atoms with E-state index in [1.807, 2.05) is 37.3 Å². The fraction of sp³-hybridized carbons (Fsp3) is 0.564. The second kappa shape index (κ2) is 18.8. The number of fused-ring (bicyclic) bond motifs is 1. The summed E-state index contributed by atoms with van der Waals surface area (Å²) in [4.78, 5) is 61.0. The Morgan fingerprint density at radius 3 is 2.40 bits per heavy atom. The number of rotatable bonds is 19. The molecule has 1 fully saturated rings. The Balaban J connectivity index is 0.00000756. The first-order valence-corrected chi connectivity index (χ1v) is 18.3. The zero-order valence-corrected chi connectivity index (χ0v) is 31.2. The summed E-state index contributed by atoms with van der Waals surface area (Å²) >= 11 is 0. The number of nitrogens with two attached hydrogens (primary N) is 1. The van der Waals surface area contributed by atoms with Gasteiger partial charge in [0.15, 0.2) is 0 Å². The van der Waals surface area contributed by atoms with Crippen molar-refractivity contribution in [2.75, 3.05) is 13.2 Å². The summed E-state index contributed by atoms with van der Waals surface area (Å²) in [5, 5.41) is 5.17. The minimum absolute atomic E-state index is 0. The largest absolute Gasteiger partial charge is 0.444 e. The number of hydrogen-bond acceptors (Lipinski definition) is 8. The second-order valence-electron chi connectivity index (χ2n) is 14.6. The van der Waals surface area contributed by atoms with E-state index < -0.39 is 35.6 Å². The van der Waals surface area contributed by atoms with Gasteiger partial charge in [0.2, 0.25) is 17.7 Å². The molecule has 4 N–H and O–H groups in total. The number of ether oxygens (including phenoxy) is 3. The molecule has 13 nitrogen and oxygen atoms in total. The Labute approximate surface area is 307 Å². The quantitative estimate of drug-likeness (QED) is 0.115. The molecular formula is C39H57N5O8. The van der Waals surface area contributed by atoms with Crippen LogP contribution >= 0.6 is 0 Å². The van der Waals surface area contributed by atoms with E-state index in [0.29, 0.717) is 32.7 Å². The van der Waals surface area contributed by atoms with E-state index >= 15 is 0 Å². The number of imidazole rings is 1. The van der Waals surface area contributed by atoms with Crippen molar-refractivity contribution in [3.05, 3.63) is 69.6 Å². The highest BCUT2D eigenvalue weighted by Gasteiger charge is 2.31. The number of primary amides is 1. The summed E-state index contributed by atoms with van der Waals surface area (Å²) in [6.07, 6.45) is 5.57. The predicted octanol–water partition coefficient (Wildman–Crippen LogP) is 4.99. The highest BCUT2D eigenvalue weighted by atomic mass is 16.6. The predicted molar refractivity (Wildman–Crippen MR) is 200 cm³/mol. The molecule has 1 aromatic heterocycles. The summed E-state index contributed by atoms with van der Waals surface area (Å²) in [5.74, 6) is -1.17. The fourth-order valence-corrected chi connectivity index (χ4v) is 6.45. The van der Waals surface area contributed by atoms with Gasteiger partial charge in [-0.25, -0.2) is 9.59 Å². The number of imide groups is 1. The number of benzene rings is 2. The van der Waals surface area contributed by atoms with Crippen LogP contribution in [0, 0.1) is 0 Å². The van der Waals surface area contributed by atoms with Gasteiger partial charge in [0.25, 0.3) is 0 Å². The first kappa shape index (κ1) is 40.3. The van der Waals surface area contributed by atoms with E-state index in [2.05, 4.69) is 22.8 Å². The number of carbonyl (C=O) groups excluding carboxylic acids is 4. The van der Waals surface area contributed by atoms with Crippen LogP contribution in [0.2, 0.25) is 0 Å². The van der Waals surface area contributed by atoms with E-state index in [0.717, 1.165) is 60.7 Å². The van der Waals surface area contributed by atoms with E-state index in [1.165, 1.54) is 10.1 Å². The number of aryl methyl sites for hydroxylation is 3. The maximum absolute atomic E-state index is 13.1. The molecule has 1 saturated heterocycles. The van der Waals surface area contributed by atoms with E-state index in [9.17, 15) is 24.0 Å². The molecule has 13 heteroatoms. The molecule has 3 aromatic rings. The Hall–Kier alpha value is -4.49. The molecule has 1 aliphatic heterocycles. The first-order chi connectivity index (χ1) is 24.7. The van der Waals surface area contributed by atoms with Crippen molar-refractivity contribution in [2.24, 2.45) is 12.8 Å². The molecule has 286 valence electrons. The molecule has 0 spiro atoms. The van der Waals surface area contributed by atoms with Crippen LogP contribution in [0.3, 0.4) is 0 Å². The van der Waals surface area contributed by atoms with E-state index in [-0.39, 0.29) is 32.0 Å². The lowest BCUT2D eigenvalue weighted by molar-refractivity contribution is -0.135. The van der Waals surface area contributed by atoms with Crippen LogP contribution in [-0.4, -0.2) is 63.9 Å². The Morgan fingerprint density at radius 2 is 1.71 bits per heavy atom. The molecule has 2 heterocycles. The van der Waals surface area contributed by atoms with Crippen molar-refractivity contribution in [2.45, 2.75) is 122 Å². The minimum atomic E-state index is -0.687. The molecule has 4 amide bonds. The standard InChI is InChI=1S/C39H55N5O8.H2/c1-26(30(19-21-33(40)45)41-37(48)52-39(2,3)4)51-25-28-17-15-27(16-18-28)11-10-24-50-23-8-6-7-12-29-13-9-14-31-35(29)43(5)38(49)44(31)32-20-22-34(46)42-36(32)47;/h9,13-18,26,30,32H,6-8,10-12,19-25H2,1-5H3,(H2,40,45)(H,41,48)(H,42,46,47);1H/t26-,30+,32?;/m1./s1. The van der Waals surface area contributed by atoms with E-state index in [4.69, 9.17) is 19.9 Å². The van der Waals surface area contributed by atoms with Crippen molar-refractivity contribution in [3.63, 3.8) is 0 Å². The fourth-order valence-electron chi connectivity index (χ4n) is 6.45. The normalized spacial score (nSPS) is 16.1. The molecule has 4 rings (SSSR count). The Morgan fingerprint density at radius 1 is 1.00 bits per heavy atom. The SMILES string of the molecule is C[C@@H](OCc1ccc(CCCOCCCCCc2cccc3c2n(C)c(=O)n3C2CCC(=O)NC2=O)cc1)[C@H](CCC(N)=O)NC(=O)OC(C)(C)C.[HH]. The molecule has 1 unspecified atom stereocenters. The molecule has 0 radical (unpaired) electrons. The Kier molecular flexibility index (Phi) is 14.6. The lowest BCUT2D eigenvalue weighted by Crippen LogP contribution is -2.45. The molecule has 3 atom stereocenters. The second-order valence-corrected chi connectivity index (χ2v) is 14.6. The van der Waals surface area contributed by atoms with Crippen LogP contribution in [0.1, 0.15) is 103 Å². The zero-order valence-electron chi connectivity index (χ0n) is 31.2. The molecule has 0 saturated carbocycles. The van der Waals surface area contributed by atoms with Gasteiger partial charge in [-0.15, -0.1) is 0 Å². The molecule has 0 aliphatic carbocycles. The number of para-hydroxylation sites is 1. The summed E-state index contributed by atoms with van der Waals surface area (Å²) in [6, 6.07) is 12.9. The van der Waals surface area contributed by atoms with Gasteiger partial charge in [0.05, 0.1) is 29.8 Å². The van der Waals surface area contributed by atoms with Crippen LogP contribution in [0.4, 0.5) is 4.79 Å². The molecule has 0 bridgehead atoms. The minimum Gasteiger partial charge on any atom is -0.444 e. The first-order valence-electron chi connectivity index (χ1n) is 18.3. The third kappa shape index (κ3) is 11.8. The van der Waals surface area contributed by atoms with Crippen molar-refractivity contribution in [1.29, 1.82) is 0 Å². The average molecular weight is 724 g/mol. The number of unbranched alkanes of at least 4 members (excludes halogenated alkanes) is 2. The van der Waals surface area contributed by atoms with Crippen LogP contribution in [0.15, 0.2) is 47.3 Å².